The zero-order chi connectivity index (χ0) is 13.9. The molecule has 1 aromatic rings. The molecule has 1 rings (SSSR count). The van der Waals surface area contributed by atoms with Crippen LogP contribution in [0.15, 0.2) is 24.3 Å². The Morgan fingerprint density at radius 1 is 1.33 bits per heavy atom. The number of carboxylic acid groups (broad SMARTS) is 1. The molecule has 0 spiro atoms. The zero-order valence-electron chi connectivity index (χ0n) is 9.92. The first-order chi connectivity index (χ1) is 8.25. The van der Waals surface area contributed by atoms with E-state index < -0.39 is 27.3 Å². The molecule has 5 nitrogen and oxygen atoms in total. The summed E-state index contributed by atoms with van der Waals surface area (Å²) in [6.07, 6.45) is 0. The number of aliphatic carboxylic acids is 1. The van der Waals surface area contributed by atoms with E-state index in [1.54, 1.807) is 31.2 Å². The molecular weight excluding hydrogens is 278 g/mol. The third-order valence-corrected chi connectivity index (χ3v) is 4.68. The van der Waals surface area contributed by atoms with Crippen LogP contribution in [0, 0.1) is 0 Å². The molecule has 0 saturated carbocycles. The van der Waals surface area contributed by atoms with E-state index in [-0.39, 0.29) is 0 Å². The minimum absolute atomic E-state index is 0.427. The molecule has 7 heteroatoms. The Bertz CT molecular complexity index is 544. The van der Waals surface area contributed by atoms with Gasteiger partial charge in [0.05, 0.1) is 0 Å². The molecule has 2 unspecified atom stereocenters. The lowest BCUT2D eigenvalue weighted by molar-refractivity contribution is -0.136. The highest BCUT2D eigenvalue weighted by atomic mass is 35.5. The fourth-order valence-electron chi connectivity index (χ4n) is 1.37. The van der Waals surface area contributed by atoms with Crippen LogP contribution in [0.3, 0.4) is 0 Å². The highest BCUT2D eigenvalue weighted by molar-refractivity contribution is 7.90. The van der Waals surface area contributed by atoms with Gasteiger partial charge in [0.1, 0.15) is 0 Å². The molecule has 0 heterocycles. The number of nitrogens with one attached hydrogen (secondary N) is 1. The largest absolute Gasteiger partial charge is 0.480 e. The summed E-state index contributed by atoms with van der Waals surface area (Å²) < 4.78 is 25.8. The Kier molecular flexibility index (Phi) is 4.72. The average Bonchev–Trinajstić information content (AvgIpc) is 2.27. The SMILES string of the molecule is CC(NS(=O)(=O)C(C)C(=O)O)c1ccccc1Cl. The molecule has 2 N–H and O–H groups in total. The van der Waals surface area contributed by atoms with Crippen molar-refractivity contribution in [2.75, 3.05) is 0 Å². The van der Waals surface area contributed by atoms with Crippen LogP contribution in [0.4, 0.5) is 0 Å². The Hall–Kier alpha value is -1.11. The molecule has 0 radical (unpaired) electrons. The van der Waals surface area contributed by atoms with Crippen molar-refractivity contribution in [3.63, 3.8) is 0 Å². The summed E-state index contributed by atoms with van der Waals surface area (Å²) in [6.45, 7) is 2.72. The van der Waals surface area contributed by atoms with Crippen LogP contribution in [-0.4, -0.2) is 24.7 Å². The summed E-state index contributed by atoms with van der Waals surface area (Å²) in [5, 5.41) is 7.63. The number of benzene rings is 1. The Morgan fingerprint density at radius 2 is 1.89 bits per heavy atom. The van der Waals surface area contributed by atoms with Gasteiger partial charge in [0.25, 0.3) is 0 Å². The minimum Gasteiger partial charge on any atom is -0.480 e. The topological polar surface area (TPSA) is 83.5 Å². The molecule has 0 bridgehead atoms. The number of rotatable bonds is 5. The van der Waals surface area contributed by atoms with Crippen molar-refractivity contribution in [1.29, 1.82) is 0 Å². The number of hydrogen-bond acceptors (Lipinski definition) is 3. The van der Waals surface area contributed by atoms with Gasteiger partial charge in [-0.05, 0) is 25.5 Å². The first-order valence-corrected chi connectivity index (χ1v) is 7.16. The van der Waals surface area contributed by atoms with E-state index in [0.717, 1.165) is 6.92 Å². The van der Waals surface area contributed by atoms with Gasteiger partial charge in [0, 0.05) is 11.1 Å². The van der Waals surface area contributed by atoms with Gasteiger partial charge in [-0.25, -0.2) is 13.1 Å². The van der Waals surface area contributed by atoms with Crippen LogP contribution < -0.4 is 4.72 Å². The van der Waals surface area contributed by atoms with Crippen molar-refractivity contribution in [3.05, 3.63) is 34.9 Å². The van der Waals surface area contributed by atoms with Gasteiger partial charge in [-0.15, -0.1) is 0 Å². The zero-order valence-corrected chi connectivity index (χ0v) is 11.5. The van der Waals surface area contributed by atoms with Crippen LogP contribution in [0.5, 0.6) is 0 Å². The van der Waals surface area contributed by atoms with Gasteiger partial charge < -0.3 is 5.11 Å². The first kappa shape index (κ1) is 14.9. The van der Waals surface area contributed by atoms with E-state index in [2.05, 4.69) is 4.72 Å². The molecule has 0 fully saturated rings. The molecule has 0 aliphatic carbocycles. The summed E-state index contributed by atoms with van der Waals surface area (Å²) in [7, 11) is -3.93. The van der Waals surface area contributed by atoms with E-state index in [1.165, 1.54) is 0 Å². The first-order valence-electron chi connectivity index (χ1n) is 5.24. The van der Waals surface area contributed by atoms with E-state index in [4.69, 9.17) is 16.7 Å². The van der Waals surface area contributed by atoms with Crippen molar-refractivity contribution < 1.29 is 18.3 Å². The lowest BCUT2D eigenvalue weighted by atomic mass is 10.1. The standard InChI is InChI=1S/C11H14ClNO4S/c1-7(9-5-3-4-6-10(9)12)13-18(16,17)8(2)11(14)15/h3-8,13H,1-2H3,(H,14,15). The normalized spacial score (nSPS) is 15.1. The monoisotopic (exact) mass is 291 g/mol. The van der Waals surface area contributed by atoms with E-state index in [1.807, 2.05) is 0 Å². The molecule has 0 aliphatic heterocycles. The Labute approximate surface area is 111 Å². The second kappa shape index (κ2) is 5.69. The third-order valence-electron chi connectivity index (χ3n) is 2.53. The molecule has 0 aromatic heterocycles. The molecule has 0 aliphatic rings. The van der Waals surface area contributed by atoms with Gasteiger partial charge in [-0.1, -0.05) is 29.8 Å². The van der Waals surface area contributed by atoms with Gasteiger partial charge in [0.15, 0.2) is 5.25 Å². The third kappa shape index (κ3) is 3.44. The Balaban J connectivity index is 2.92. The summed E-state index contributed by atoms with van der Waals surface area (Å²) in [6, 6.07) is 6.19. The maximum Gasteiger partial charge on any atom is 0.323 e. The molecular formula is C11H14ClNO4S. The van der Waals surface area contributed by atoms with Crippen molar-refractivity contribution in [3.8, 4) is 0 Å². The number of carbonyl (C=O) groups is 1. The quantitative estimate of drug-likeness (QED) is 0.866. The van der Waals surface area contributed by atoms with Crippen molar-refractivity contribution >= 4 is 27.6 Å². The molecule has 2 atom stereocenters. The number of halogens is 1. The lowest BCUT2D eigenvalue weighted by Crippen LogP contribution is -2.38. The van der Waals surface area contributed by atoms with Gasteiger partial charge >= 0.3 is 5.97 Å². The van der Waals surface area contributed by atoms with Crippen LogP contribution in [0.2, 0.25) is 5.02 Å². The highest BCUT2D eigenvalue weighted by Crippen LogP contribution is 2.23. The molecule has 0 amide bonds. The van der Waals surface area contributed by atoms with Crippen molar-refractivity contribution in [2.45, 2.75) is 25.1 Å². The van der Waals surface area contributed by atoms with E-state index in [0.29, 0.717) is 10.6 Å². The summed E-state index contributed by atoms with van der Waals surface area (Å²) >= 11 is 5.94. The summed E-state index contributed by atoms with van der Waals surface area (Å²) in [5.74, 6) is -1.39. The maximum absolute atomic E-state index is 11.7. The van der Waals surface area contributed by atoms with Crippen LogP contribution in [0.25, 0.3) is 0 Å². The lowest BCUT2D eigenvalue weighted by Gasteiger charge is -2.17. The van der Waals surface area contributed by atoms with Crippen LogP contribution in [-0.2, 0) is 14.8 Å². The summed E-state index contributed by atoms with van der Waals surface area (Å²) in [4.78, 5) is 10.7. The number of sulfonamides is 1. The number of hydrogen-bond donors (Lipinski definition) is 2. The van der Waals surface area contributed by atoms with Gasteiger partial charge in [-0.2, -0.15) is 0 Å². The van der Waals surface area contributed by atoms with Crippen molar-refractivity contribution in [2.24, 2.45) is 0 Å². The van der Waals surface area contributed by atoms with Crippen LogP contribution >= 0.6 is 11.6 Å². The Morgan fingerprint density at radius 3 is 2.39 bits per heavy atom. The molecule has 0 saturated heterocycles. The average molecular weight is 292 g/mol. The highest BCUT2D eigenvalue weighted by Gasteiger charge is 2.29. The number of carboxylic acids is 1. The fraction of sp³-hybridized carbons (Fsp3) is 0.364. The molecule has 18 heavy (non-hydrogen) atoms. The molecule has 1 aromatic carbocycles. The predicted molar refractivity (Wildman–Crippen MR) is 69.0 cm³/mol. The van der Waals surface area contributed by atoms with Gasteiger partial charge in [-0.3, -0.25) is 4.79 Å². The molecule has 100 valence electrons. The van der Waals surface area contributed by atoms with Gasteiger partial charge in [0.2, 0.25) is 10.0 Å². The van der Waals surface area contributed by atoms with Crippen molar-refractivity contribution in [1.82, 2.24) is 4.72 Å². The predicted octanol–water partition coefficient (Wildman–Crippen LogP) is 1.79. The smallest absolute Gasteiger partial charge is 0.323 e. The second-order valence-electron chi connectivity index (χ2n) is 3.89. The second-order valence-corrected chi connectivity index (χ2v) is 6.33. The van der Waals surface area contributed by atoms with E-state index >= 15 is 0 Å². The minimum atomic E-state index is -3.93. The maximum atomic E-state index is 11.7. The fourth-order valence-corrected chi connectivity index (χ4v) is 2.76. The van der Waals surface area contributed by atoms with E-state index in [9.17, 15) is 13.2 Å². The summed E-state index contributed by atoms with van der Waals surface area (Å²) in [5.41, 5.74) is 0.598. The van der Waals surface area contributed by atoms with Crippen LogP contribution in [0.1, 0.15) is 25.5 Å².